The minimum atomic E-state index is 0.163. The largest absolute Gasteiger partial charge is 0.0620 e. The minimum Gasteiger partial charge on any atom is -0.0620 e. The first-order valence-electron chi connectivity index (χ1n) is 15.1. The molecule has 0 N–H and O–H groups in total. The molecular weight excluding hydrogens is 444 g/mol. The van der Waals surface area contributed by atoms with Crippen molar-refractivity contribution >= 4 is 0 Å². The van der Waals surface area contributed by atoms with Gasteiger partial charge in [0.1, 0.15) is 0 Å². The summed E-state index contributed by atoms with van der Waals surface area (Å²) in [6.45, 7) is 11.6. The predicted molar refractivity (Wildman–Crippen MR) is 160 cm³/mol. The normalized spacial score (nSPS) is 20.2. The van der Waals surface area contributed by atoms with Crippen LogP contribution in [-0.2, 0) is 24.7 Å². The smallest absolute Gasteiger partial charge is 0.00201 e. The van der Waals surface area contributed by atoms with Crippen LogP contribution in [-0.4, -0.2) is 0 Å². The Morgan fingerprint density at radius 2 is 1.38 bits per heavy atom. The molecule has 0 unspecified atom stereocenters. The summed E-state index contributed by atoms with van der Waals surface area (Å²) in [6.07, 6.45) is 13.4. The van der Waals surface area contributed by atoms with Crippen LogP contribution in [0.4, 0.5) is 0 Å². The van der Waals surface area contributed by atoms with Gasteiger partial charge in [-0.15, -0.1) is 0 Å². The zero-order chi connectivity index (χ0) is 26.0. The van der Waals surface area contributed by atoms with Crippen molar-refractivity contribution in [1.82, 2.24) is 0 Å². The van der Waals surface area contributed by atoms with Crippen LogP contribution >= 0.6 is 0 Å². The van der Waals surface area contributed by atoms with E-state index in [1.807, 2.05) is 0 Å². The van der Waals surface area contributed by atoms with Crippen LogP contribution in [0.2, 0.25) is 0 Å². The minimum absolute atomic E-state index is 0.163. The maximum absolute atomic E-state index is 2.57. The van der Waals surface area contributed by atoms with Crippen molar-refractivity contribution in [2.24, 2.45) is 11.8 Å². The van der Waals surface area contributed by atoms with E-state index in [1.165, 1.54) is 78.3 Å². The highest BCUT2D eigenvalue weighted by atomic mass is 14.3. The van der Waals surface area contributed by atoms with Gasteiger partial charge in [-0.05, 0) is 126 Å². The Balaban J connectivity index is 1.30. The number of hydrogen-bond donors (Lipinski definition) is 0. The van der Waals surface area contributed by atoms with Crippen LogP contribution in [0.5, 0.6) is 0 Å². The van der Waals surface area contributed by atoms with Gasteiger partial charge in [0.05, 0.1) is 0 Å². The molecule has 2 fully saturated rings. The molecule has 0 aliphatic heterocycles. The summed E-state index contributed by atoms with van der Waals surface area (Å²) in [5, 5.41) is 0. The SMILES string of the molecule is CCc1cc(C2CCC(CC3CC3)CC2)ccc1Cc1ccc(C)c(Cc2ccccc2C(C)(C)C)c1. The average Bonchev–Trinajstić information content (AvgIpc) is 3.70. The van der Waals surface area contributed by atoms with Gasteiger partial charge in [-0.2, -0.15) is 0 Å². The lowest BCUT2D eigenvalue weighted by molar-refractivity contribution is 0.299. The van der Waals surface area contributed by atoms with Crippen molar-refractivity contribution < 1.29 is 0 Å². The lowest BCUT2D eigenvalue weighted by Crippen LogP contribution is -2.14. The van der Waals surface area contributed by atoms with Gasteiger partial charge in [0, 0.05) is 0 Å². The molecule has 2 saturated carbocycles. The summed E-state index contributed by atoms with van der Waals surface area (Å²) in [5.41, 5.74) is 12.1. The average molecular weight is 493 g/mol. The number of benzene rings is 3. The van der Waals surface area contributed by atoms with Crippen molar-refractivity contribution in [2.45, 2.75) is 110 Å². The summed E-state index contributed by atoms with van der Waals surface area (Å²) in [5.74, 6) is 2.88. The maximum Gasteiger partial charge on any atom is -0.00201 e. The monoisotopic (exact) mass is 492 g/mol. The molecule has 3 aromatic carbocycles. The molecule has 37 heavy (non-hydrogen) atoms. The Morgan fingerprint density at radius 3 is 2.05 bits per heavy atom. The van der Waals surface area contributed by atoms with Crippen LogP contribution < -0.4 is 0 Å². The highest BCUT2D eigenvalue weighted by Crippen LogP contribution is 2.43. The van der Waals surface area contributed by atoms with E-state index in [4.69, 9.17) is 0 Å². The zero-order valence-electron chi connectivity index (χ0n) is 24.1. The number of hydrogen-bond acceptors (Lipinski definition) is 0. The Labute approximate surface area is 226 Å². The number of rotatable bonds is 8. The molecule has 0 heterocycles. The first kappa shape index (κ1) is 26.3. The molecule has 0 heteroatoms. The highest BCUT2D eigenvalue weighted by molar-refractivity contribution is 5.43. The van der Waals surface area contributed by atoms with Gasteiger partial charge in [-0.25, -0.2) is 0 Å². The molecule has 0 nitrogen and oxygen atoms in total. The van der Waals surface area contributed by atoms with Crippen LogP contribution in [0.25, 0.3) is 0 Å². The summed E-state index contributed by atoms with van der Waals surface area (Å²) in [6, 6.07) is 23.7. The fraction of sp³-hybridized carbons (Fsp3) is 0.514. The quantitative estimate of drug-likeness (QED) is 0.293. The molecule has 3 aromatic rings. The van der Waals surface area contributed by atoms with E-state index in [0.29, 0.717) is 0 Å². The van der Waals surface area contributed by atoms with E-state index < -0.39 is 0 Å². The predicted octanol–water partition coefficient (Wildman–Crippen LogP) is 10.1. The number of aryl methyl sites for hydroxylation is 2. The molecule has 0 spiro atoms. The molecule has 5 rings (SSSR count). The highest BCUT2D eigenvalue weighted by Gasteiger charge is 2.29. The Hall–Kier alpha value is -2.34. The van der Waals surface area contributed by atoms with Gasteiger partial charge >= 0.3 is 0 Å². The lowest BCUT2D eigenvalue weighted by atomic mass is 9.76. The van der Waals surface area contributed by atoms with Gasteiger partial charge in [-0.1, -0.05) is 101 Å². The molecule has 2 aliphatic rings. The van der Waals surface area contributed by atoms with Gasteiger partial charge in [0.2, 0.25) is 0 Å². The molecular formula is C37H48. The summed E-state index contributed by atoms with van der Waals surface area (Å²) in [4.78, 5) is 0. The molecule has 0 radical (unpaired) electrons. The Morgan fingerprint density at radius 1 is 0.676 bits per heavy atom. The van der Waals surface area contributed by atoms with E-state index >= 15 is 0 Å². The lowest BCUT2D eigenvalue weighted by Gasteiger charge is -2.29. The Bertz CT molecular complexity index is 1190. The first-order valence-corrected chi connectivity index (χ1v) is 15.1. The fourth-order valence-corrected chi connectivity index (χ4v) is 6.81. The zero-order valence-corrected chi connectivity index (χ0v) is 24.1. The summed E-state index contributed by atoms with van der Waals surface area (Å²) in [7, 11) is 0. The van der Waals surface area contributed by atoms with Gasteiger partial charge in [0.15, 0.2) is 0 Å². The Kier molecular flexibility index (Phi) is 7.94. The molecule has 0 bridgehead atoms. The van der Waals surface area contributed by atoms with Crippen molar-refractivity contribution in [1.29, 1.82) is 0 Å². The van der Waals surface area contributed by atoms with Crippen molar-refractivity contribution in [2.75, 3.05) is 0 Å². The second-order valence-corrected chi connectivity index (χ2v) is 13.3. The molecule has 0 saturated heterocycles. The summed E-state index contributed by atoms with van der Waals surface area (Å²) >= 11 is 0. The third-order valence-corrected chi connectivity index (χ3v) is 9.31. The van der Waals surface area contributed by atoms with E-state index in [2.05, 4.69) is 95.3 Å². The van der Waals surface area contributed by atoms with Crippen LogP contribution in [0, 0.1) is 18.8 Å². The summed E-state index contributed by atoms with van der Waals surface area (Å²) < 4.78 is 0. The van der Waals surface area contributed by atoms with Crippen LogP contribution in [0.15, 0.2) is 60.7 Å². The fourth-order valence-electron chi connectivity index (χ4n) is 6.81. The molecule has 0 atom stereocenters. The molecule has 0 aromatic heterocycles. The van der Waals surface area contributed by atoms with E-state index in [-0.39, 0.29) is 5.41 Å². The second kappa shape index (κ2) is 11.2. The van der Waals surface area contributed by atoms with Crippen molar-refractivity contribution in [3.63, 3.8) is 0 Å². The van der Waals surface area contributed by atoms with Crippen molar-refractivity contribution in [3.05, 3.63) is 105 Å². The third-order valence-electron chi connectivity index (χ3n) is 9.31. The van der Waals surface area contributed by atoms with Crippen LogP contribution in [0.3, 0.4) is 0 Å². The van der Waals surface area contributed by atoms with E-state index in [1.54, 1.807) is 11.1 Å². The van der Waals surface area contributed by atoms with E-state index in [9.17, 15) is 0 Å². The molecule has 0 amide bonds. The molecule has 196 valence electrons. The van der Waals surface area contributed by atoms with Gasteiger partial charge < -0.3 is 0 Å². The topological polar surface area (TPSA) is 0 Å². The standard InChI is InChI=1S/C37H48/c1-6-30-24-33(31-17-15-28(16-18-31)21-27-13-14-27)20-19-32(30)22-29-12-11-26(2)35(23-29)25-34-9-7-8-10-36(34)37(3,4)5/h7-12,19-20,23-24,27-28,31H,6,13-18,21-22,25H2,1-5H3. The van der Waals surface area contributed by atoms with E-state index in [0.717, 1.165) is 37.0 Å². The maximum atomic E-state index is 2.57. The first-order chi connectivity index (χ1) is 17.8. The third kappa shape index (κ3) is 6.57. The molecule has 2 aliphatic carbocycles. The van der Waals surface area contributed by atoms with Crippen LogP contribution in [0.1, 0.15) is 123 Å². The second-order valence-electron chi connectivity index (χ2n) is 13.3. The van der Waals surface area contributed by atoms with Crippen molar-refractivity contribution in [3.8, 4) is 0 Å². The van der Waals surface area contributed by atoms with Gasteiger partial charge in [0.25, 0.3) is 0 Å². The van der Waals surface area contributed by atoms with Gasteiger partial charge in [-0.3, -0.25) is 0 Å².